The lowest BCUT2D eigenvalue weighted by molar-refractivity contribution is 0.354. The molecular weight excluding hydrogens is 443 g/mol. The molecule has 0 aliphatic rings. The molecule has 0 fully saturated rings. The van der Waals surface area contributed by atoms with Crippen LogP contribution in [0.2, 0.25) is 0 Å². The molecule has 0 unspecified atom stereocenters. The number of ether oxygens (including phenoxy) is 2. The maximum Gasteiger partial charge on any atom is 0.189 e. The van der Waals surface area contributed by atoms with Crippen LogP contribution in [0.25, 0.3) is 10.9 Å². The van der Waals surface area contributed by atoms with Gasteiger partial charge in [0.1, 0.15) is 0 Å². The molecule has 26 heavy (non-hydrogen) atoms. The lowest BCUT2D eigenvalue weighted by Crippen LogP contribution is -2.31. The van der Waals surface area contributed by atoms with E-state index in [0.29, 0.717) is 30.5 Å². The summed E-state index contributed by atoms with van der Waals surface area (Å²) in [4.78, 5) is 7.72. The molecule has 138 valence electrons. The van der Waals surface area contributed by atoms with Gasteiger partial charge in [0.25, 0.3) is 0 Å². The Morgan fingerprint density at radius 3 is 2.58 bits per heavy atom. The third-order valence-electron chi connectivity index (χ3n) is 3.93. The van der Waals surface area contributed by atoms with Crippen molar-refractivity contribution in [1.29, 1.82) is 0 Å². The van der Waals surface area contributed by atoms with Gasteiger partial charge in [0, 0.05) is 11.2 Å². The number of methoxy groups -OCH3 is 2. The standard InChI is InChI=1S/C19H22N4O2.HI/c1-24-17-8-7-13(9-18(17)25-2)11-21-19(20)22-12-15-10-14-5-3-4-6-16(14)23-15;/h3-10,23H,11-12H2,1-2H3,(H3,20,21,22);1H. The van der Waals surface area contributed by atoms with Gasteiger partial charge in [-0.15, -0.1) is 24.0 Å². The molecule has 1 aromatic heterocycles. The molecular formula is C19H23IN4O2. The van der Waals surface area contributed by atoms with E-state index in [0.717, 1.165) is 16.8 Å². The summed E-state index contributed by atoms with van der Waals surface area (Å²) in [5.74, 6) is 1.77. The van der Waals surface area contributed by atoms with Crippen molar-refractivity contribution in [2.24, 2.45) is 10.7 Å². The lowest BCUT2D eigenvalue weighted by Gasteiger charge is -2.09. The quantitative estimate of drug-likeness (QED) is 0.296. The molecule has 4 N–H and O–H groups in total. The van der Waals surface area contributed by atoms with E-state index in [-0.39, 0.29) is 24.0 Å². The highest BCUT2D eigenvalue weighted by Gasteiger charge is 2.04. The Kier molecular flexibility index (Phi) is 7.14. The molecule has 2 aromatic carbocycles. The molecule has 6 nitrogen and oxygen atoms in total. The number of benzene rings is 2. The SMILES string of the molecule is COc1ccc(CN=C(N)NCc2cc3ccccc3[nH]2)cc1OC.I. The van der Waals surface area contributed by atoms with E-state index >= 15 is 0 Å². The van der Waals surface area contributed by atoms with Crippen LogP contribution in [-0.4, -0.2) is 25.2 Å². The van der Waals surface area contributed by atoms with Gasteiger partial charge >= 0.3 is 0 Å². The number of aromatic nitrogens is 1. The Hall–Kier alpha value is -2.42. The summed E-state index contributed by atoms with van der Waals surface area (Å²) in [6, 6.07) is 15.9. The Labute approximate surface area is 169 Å². The number of guanidine groups is 1. The van der Waals surface area contributed by atoms with E-state index in [1.54, 1.807) is 14.2 Å². The highest BCUT2D eigenvalue weighted by atomic mass is 127. The van der Waals surface area contributed by atoms with Crippen LogP contribution in [0.4, 0.5) is 0 Å². The zero-order valence-corrected chi connectivity index (χ0v) is 17.1. The first-order chi connectivity index (χ1) is 12.2. The number of H-pyrrole nitrogens is 1. The van der Waals surface area contributed by atoms with E-state index in [1.807, 2.05) is 36.4 Å². The van der Waals surface area contributed by atoms with Gasteiger partial charge in [-0.3, -0.25) is 0 Å². The minimum Gasteiger partial charge on any atom is -0.493 e. The fraction of sp³-hybridized carbons (Fsp3) is 0.211. The smallest absolute Gasteiger partial charge is 0.189 e. The van der Waals surface area contributed by atoms with Gasteiger partial charge in [0.05, 0.1) is 27.3 Å². The molecule has 0 bridgehead atoms. The Morgan fingerprint density at radius 1 is 1.08 bits per heavy atom. The number of nitrogens with zero attached hydrogens (tertiary/aromatic N) is 1. The minimum absolute atomic E-state index is 0. The zero-order chi connectivity index (χ0) is 17.6. The largest absolute Gasteiger partial charge is 0.493 e. The summed E-state index contributed by atoms with van der Waals surface area (Å²) in [6.07, 6.45) is 0. The van der Waals surface area contributed by atoms with Gasteiger partial charge in [0.15, 0.2) is 17.5 Å². The molecule has 3 aromatic rings. The molecule has 0 aliphatic carbocycles. The number of hydrogen-bond donors (Lipinski definition) is 3. The second-order valence-electron chi connectivity index (χ2n) is 5.63. The maximum absolute atomic E-state index is 5.96. The van der Waals surface area contributed by atoms with E-state index in [2.05, 4.69) is 27.4 Å². The van der Waals surface area contributed by atoms with Crippen LogP contribution in [0.5, 0.6) is 11.5 Å². The number of fused-ring (bicyclic) bond motifs is 1. The van der Waals surface area contributed by atoms with Crippen LogP contribution < -0.4 is 20.5 Å². The molecule has 0 saturated heterocycles. The summed E-state index contributed by atoms with van der Waals surface area (Å²) in [5, 5.41) is 4.30. The van der Waals surface area contributed by atoms with Crippen LogP contribution in [0.1, 0.15) is 11.3 Å². The summed E-state index contributed by atoms with van der Waals surface area (Å²) in [7, 11) is 3.22. The van der Waals surface area contributed by atoms with Crippen molar-refractivity contribution in [3.05, 3.63) is 59.8 Å². The first-order valence-electron chi connectivity index (χ1n) is 8.01. The monoisotopic (exact) mass is 466 g/mol. The minimum atomic E-state index is 0. The molecule has 0 aliphatic heterocycles. The first kappa shape index (κ1) is 19.9. The summed E-state index contributed by atoms with van der Waals surface area (Å²) in [5.41, 5.74) is 9.12. The zero-order valence-electron chi connectivity index (χ0n) is 14.8. The maximum atomic E-state index is 5.96. The van der Waals surface area contributed by atoms with Crippen LogP contribution in [0, 0.1) is 0 Å². The first-order valence-corrected chi connectivity index (χ1v) is 8.01. The van der Waals surface area contributed by atoms with Crippen molar-refractivity contribution in [3.8, 4) is 11.5 Å². The predicted molar refractivity (Wildman–Crippen MR) is 115 cm³/mol. The van der Waals surface area contributed by atoms with Crippen molar-refractivity contribution in [2.45, 2.75) is 13.1 Å². The van der Waals surface area contributed by atoms with Crippen molar-refractivity contribution >= 4 is 40.8 Å². The number of nitrogens with one attached hydrogen (secondary N) is 2. The number of nitrogens with two attached hydrogens (primary N) is 1. The van der Waals surface area contributed by atoms with Crippen LogP contribution in [-0.2, 0) is 13.1 Å². The van der Waals surface area contributed by atoms with Crippen molar-refractivity contribution in [2.75, 3.05) is 14.2 Å². The molecule has 3 rings (SSSR count). The fourth-order valence-electron chi connectivity index (χ4n) is 2.63. The summed E-state index contributed by atoms with van der Waals surface area (Å²) < 4.78 is 10.5. The van der Waals surface area contributed by atoms with Crippen molar-refractivity contribution in [1.82, 2.24) is 10.3 Å². The van der Waals surface area contributed by atoms with Gasteiger partial charge in [-0.05, 0) is 35.2 Å². The van der Waals surface area contributed by atoms with Crippen molar-refractivity contribution < 1.29 is 9.47 Å². The molecule has 0 spiro atoms. The highest BCUT2D eigenvalue weighted by Crippen LogP contribution is 2.27. The highest BCUT2D eigenvalue weighted by molar-refractivity contribution is 14.0. The van der Waals surface area contributed by atoms with Gasteiger partial charge in [-0.25, -0.2) is 4.99 Å². The summed E-state index contributed by atoms with van der Waals surface area (Å²) >= 11 is 0. The second-order valence-corrected chi connectivity index (χ2v) is 5.63. The van der Waals surface area contributed by atoms with Crippen LogP contribution in [0.3, 0.4) is 0 Å². The molecule has 0 amide bonds. The predicted octanol–water partition coefficient (Wildman–Crippen LogP) is 3.41. The van der Waals surface area contributed by atoms with E-state index in [4.69, 9.17) is 15.2 Å². The van der Waals surface area contributed by atoms with Gasteiger partial charge in [-0.2, -0.15) is 0 Å². The normalized spacial score (nSPS) is 11.1. The third-order valence-corrected chi connectivity index (χ3v) is 3.93. The van der Waals surface area contributed by atoms with E-state index < -0.39 is 0 Å². The molecule has 0 radical (unpaired) electrons. The number of hydrogen-bond acceptors (Lipinski definition) is 3. The molecule has 0 saturated carbocycles. The number of aromatic amines is 1. The van der Waals surface area contributed by atoms with Crippen LogP contribution >= 0.6 is 24.0 Å². The van der Waals surface area contributed by atoms with E-state index in [9.17, 15) is 0 Å². The Bertz CT molecular complexity index is 859. The summed E-state index contributed by atoms with van der Waals surface area (Å²) in [6.45, 7) is 1.06. The third kappa shape index (κ3) is 4.81. The number of rotatable bonds is 6. The average molecular weight is 466 g/mol. The van der Waals surface area contributed by atoms with Crippen LogP contribution in [0.15, 0.2) is 53.5 Å². The van der Waals surface area contributed by atoms with Gasteiger partial charge < -0.3 is 25.5 Å². The Morgan fingerprint density at radius 2 is 1.85 bits per heavy atom. The van der Waals surface area contributed by atoms with Gasteiger partial charge in [-0.1, -0.05) is 24.3 Å². The number of halogens is 1. The lowest BCUT2D eigenvalue weighted by atomic mass is 10.2. The molecule has 1 heterocycles. The molecule has 7 heteroatoms. The van der Waals surface area contributed by atoms with E-state index in [1.165, 1.54) is 5.39 Å². The topological polar surface area (TPSA) is 84.7 Å². The average Bonchev–Trinajstić information content (AvgIpc) is 3.07. The van der Waals surface area contributed by atoms with Gasteiger partial charge in [0.2, 0.25) is 0 Å². The Balaban J connectivity index is 0.00000243. The number of para-hydroxylation sites is 1. The second kappa shape index (κ2) is 9.33. The molecule has 0 atom stereocenters. The number of aliphatic imine (C=N–C) groups is 1. The van der Waals surface area contributed by atoms with Crippen molar-refractivity contribution in [3.63, 3.8) is 0 Å². The fourth-order valence-corrected chi connectivity index (χ4v) is 2.63.